The summed E-state index contributed by atoms with van der Waals surface area (Å²) >= 11 is 0. The van der Waals surface area contributed by atoms with Crippen molar-refractivity contribution < 1.29 is 14.7 Å². The van der Waals surface area contributed by atoms with E-state index >= 15 is 0 Å². The predicted molar refractivity (Wildman–Crippen MR) is 75.1 cm³/mol. The molecule has 4 heteroatoms. The fourth-order valence-corrected chi connectivity index (χ4v) is 6.46. The second-order valence-corrected chi connectivity index (χ2v) is 8.48. The van der Waals surface area contributed by atoms with Crippen LogP contribution in [0.3, 0.4) is 0 Å². The smallest absolute Gasteiger partial charge is 0.322 e. The highest BCUT2D eigenvalue weighted by atomic mass is 16.4. The van der Waals surface area contributed by atoms with E-state index in [9.17, 15) is 9.59 Å². The zero-order chi connectivity index (χ0) is 14.6. The first-order chi connectivity index (χ1) is 9.22. The summed E-state index contributed by atoms with van der Waals surface area (Å²) in [6.07, 6.45) is 7.91. The van der Waals surface area contributed by atoms with Gasteiger partial charge in [0.05, 0.1) is 0 Å². The Bertz CT molecular complexity index is 441. The summed E-state index contributed by atoms with van der Waals surface area (Å²) in [7, 11) is 0. The van der Waals surface area contributed by atoms with Crippen LogP contribution in [0.4, 0.5) is 0 Å². The first-order valence-corrected chi connectivity index (χ1v) is 7.70. The zero-order valence-corrected chi connectivity index (χ0v) is 12.5. The molecule has 0 aromatic heterocycles. The van der Waals surface area contributed by atoms with E-state index in [1.165, 1.54) is 25.7 Å². The van der Waals surface area contributed by atoms with Crippen LogP contribution in [-0.4, -0.2) is 23.5 Å². The van der Waals surface area contributed by atoms with Crippen molar-refractivity contribution >= 4 is 11.9 Å². The van der Waals surface area contributed by atoms with Gasteiger partial charge in [-0.2, -0.15) is 0 Å². The average Bonchev–Trinajstić information content (AvgIpc) is 2.20. The van der Waals surface area contributed by atoms with Crippen LogP contribution >= 0.6 is 0 Å². The molecule has 4 aliphatic rings. The Morgan fingerprint density at radius 3 is 2.20 bits per heavy atom. The van der Waals surface area contributed by atoms with Crippen LogP contribution in [0, 0.1) is 22.2 Å². The molecule has 4 aliphatic carbocycles. The lowest BCUT2D eigenvalue weighted by Gasteiger charge is -2.65. The Kier molecular flexibility index (Phi) is 2.93. The summed E-state index contributed by atoms with van der Waals surface area (Å²) in [5, 5.41) is 11.2. The fourth-order valence-electron chi connectivity index (χ4n) is 6.46. The molecule has 4 bridgehead atoms. The Morgan fingerprint density at radius 1 is 1.10 bits per heavy atom. The molecule has 4 rings (SSSR count). The maximum absolute atomic E-state index is 12.1. The number of hydrogen-bond donors (Lipinski definition) is 2. The standard InChI is InChI=1S/C16H25NO3/c1-14-3-11-4-15(2,8-14)10-16(5-11,9-14)6-12(18)17-7-13(19)20/h11H,3-10H2,1-2H3,(H,17,18)(H,19,20). The van der Waals surface area contributed by atoms with E-state index in [4.69, 9.17) is 5.11 Å². The topological polar surface area (TPSA) is 66.4 Å². The molecule has 112 valence electrons. The van der Waals surface area contributed by atoms with Crippen LogP contribution in [0.5, 0.6) is 0 Å². The normalized spacial score (nSPS) is 45.4. The number of carboxylic acids is 1. The molecule has 0 aromatic carbocycles. The van der Waals surface area contributed by atoms with Crippen LogP contribution in [-0.2, 0) is 9.59 Å². The Morgan fingerprint density at radius 2 is 1.70 bits per heavy atom. The zero-order valence-electron chi connectivity index (χ0n) is 12.5. The molecular formula is C16H25NO3. The average molecular weight is 279 g/mol. The highest BCUT2D eigenvalue weighted by Crippen LogP contribution is 2.70. The largest absolute Gasteiger partial charge is 0.480 e. The van der Waals surface area contributed by atoms with Crippen LogP contribution in [0.15, 0.2) is 0 Å². The van der Waals surface area contributed by atoms with Crippen molar-refractivity contribution in [2.75, 3.05) is 6.54 Å². The van der Waals surface area contributed by atoms with Crippen LogP contribution in [0.2, 0.25) is 0 Å². The van der Waals surface area contributed by atoms with Gasteiger partial charge < -0.3 is 10.4 Å². The molecule has 0 spiro atoms. The van der Waals surface area contributed by atoms with Gasteiger partial charge in [-0.25, -0.2) is 0 Å². The van der Waals surface area contributed by atoms with Gasteiger partial charge in [-0.1, -0.05) is 13.8 Å². The van der Waals surface area contributed by atoms with Gasteiger partial charge in [-0.3, -0.25) is 9.59 Å². The molecule has 0 radical (unpaired) electrons. The lowest BCUT2D eigenvalue weighted by atomic mass is 9.40. The number of carbonyl (C=O) groups excluding carboxylic acids is 1. The molecule has 2 atom stereocenters. The van der Waals surface area contributed by atoms with E-state index in [0.29, 0.717) is 17.3 Å². The van der Waals surface area contributed by atoms with E-state index < -0.39 is 5.97 Å². The van der Waals surface area contributed by atoms with Crippen molar-refractivity contribution in [1.29, 1.82) is 0 Å². The van der Waals surface area contributed by atoms with E-state index in [2.05, 4.69) is 19.2 Å². The Hall–Kier alpha value is -1.06. The molecule has 2 N–H and O–H groups in total. The number of carbonyl (C=O) groups is 2. The number of aliphatic carboxylic acids is 1. The SMILES string of the molecule is CC12CC3CC(C)(C1)CC(CC(=O)NCC(=O)O)(C3)C2. The summed E-state index contributed by atoms with van der Waals surface area (Å²) in [6.45, 7) is 4.52. The molecule has 0 aromatic rings. The number of hydrogen-bond acceptors (Lipinski definition) is 2. The summed E-state index contributed by atoms with van der Waals surface area (Å²) in [6, 6.07) is 0. The predicted octanol–water partition coefficient (Wildman–Crippen LogP) is 2.57. The first-order valence-electron chi connectivity index (χ1n) is 7.70. The summed E-state index contributed by atoms with van der Waals surface area (Å²) < 4.78 is 0. The summed E-state index contributed by atoms with van der Waals surface area (Å²) in [4.78, 5) is 22.6. The molecule has 2 unspecified atom stereocenters. The number of amides is 1. The highest BCUT2D eigenvalue weighted by Gasteiger charge is 2.60. The third-order valence-corrected chi connectivity index (χ3v) is 5.71. The minimum absolute atomic E-state index is 0.0819. The quantitative estimate of drug-likeness (QED) is 0.831. The molecule has 0 saturated heterocycles. The summed E-state index contributed by atoms with van der Waals surface area (Å²) in [5.41, 5.74) is 0.938. The first kappa shape index (κ1) is 13.9. The molecule has 4 nitrogen and oxygen atoms in total. The number of nitrogens with one attached hydrogen (secondary N) is 1. The van der Waals surface area contributed by atoms with Gasteiger partial charge in [0.25, 0.3) is 0 Å². The second-order valence-electron chi connectivity index (χ2n) is 8.48. The van der Waals surface area contributed by atoms with Gasteiger partial charge in [0.2, 0.25) is 5.91 Å². The van der Waals surface area contributed by atoms with Gasteiger partial charge in [0, 0.05) is 6.42 Å². The Balaban J connectivity index is 1.72. The Labute approximate surface area is 120 Å². The number of rotatable bonds is 4. The minimum Gasteiger partial charge on any atom is -0.480 e. The number of carboxylic acid groups (broad SMARTS) is 1. The maximum Gasteiger partial charge on any atom is 0.322 e. The van der Waals surface area contributed by atoms with E-state index in [1.54, 1.807) is 0 Å². The molecule has 20 heavy (non-hydrogen) atoms. The third kappa shape index (κ3) is 2.45. The molecular weight excluding hydrogens is 254 g/mol. The van der Waals surface area contributed by atoms with E-state index in [1.807, 2.05) is 0 Å². The molecule has 4 fully saturated rings. The van der Waals surface area contributed by atoms with Gasteiger partial charge in [-0.05, 0) is 60.7 Å². The van der Waals surface area contributed by atoms with Crippen LogP contribution in [0.25, 0.3) is 0 Å². The minimum atomic E-state index is -0.970. The van der Waals surface area contributed by atoms with Gasteiger partial charge in [0.15, 0.2) is 0 Å². The monoisotopic (exact) mass is 279 g/mol. The van der Waals surface area contributed by atoms with Gasteiger partial charge in [0.1, 0.15) is 6.54 Å². The second kappa shape index (κ2) is 4.22. The van der Waals surface area contributed by atoms with Gasteiger partial charge in [-0.15, -0.1) is 0 Å². The third-order valence-electron chi connectivity index (χ3n) is 5.71. The van der Waals surface area contributed by atoms with Crippen molar-refractivity contribution in [1.82, 2.24) is 5.32 Å². The highest BCUT2D eigenvalue weighted by molar-refractivity contribution is 5.81. The van der Waals surface area contributed by atoms with Crippen molar-refractivity contribution in [3.8, 4) is 0 Å². The van der Waals surface area contributed by atoms with Crippen LogP contribution < -0.4 is 5.32 Å². The molecule has 1 amide bonds. The lowest BCUT2D eigenvalue weighted by Crippen LogP contribution is -2.56. The van der Waals surface area contributed by atoms with E-state index in [0.717, 1.165) is 18.8 Å². The lowest BCUT2D eigenvalue weighted by molar-refractivity contribution is -0.156. The van der Waals surface area contributed by atoms with Crippen molar-refractivity contribution in [3.05, 3.63) is 0 Å². The molecule has 4 saturated carbocycles. The van der Waals surface area contributed by atoms with Crippen molar-refractivity contribution in [3.63, 3.8) is 0 Å². The van der Waals surface area contributed by atoms with Crippen molar-refractivity contribution in [2.24, 2.45) is 22.2 Å². The molecule has 0 heterocycles. The summed E-state index contributed by atoms with van der Waals surface area (Å²) in [5.74, 6) is -0.280. The van der Waals surface area contributed by atoms with Crippen LogP contribution in [0.1, 0.15) is 58.8 Å². The fraction of sp³-hybridized carbons (Fsp3) is 0.875. The maximum atomic E-state index is 12.1. The van der Waals surface area contributed by atoms with Gasteiger partial charge >= 0.3 is 5.97 Å². The van der Waals surface area contributed by atoms with Crippen molar-refractivity contribution in [2.45, 2.75) is 58.8 Å². The molecule has 0 aliphatic heterocycles. The van der Waals surface area contributed by atoms with E-state index in [-0.39, 0.29) is 17.9 Å².